The third kappa shape index (κ3) is 2.99. The summed E-state index contributed by atoms with van der Waals surface area (Å²) in [5.41, 5.74) is 3.85. The molecule has 0 unspecified atom stereocenters. The summed E-state index contributed by atoms with van der Waals surface area (Å²) < 4.78 is 1.77. The molecule has 4 heteroatoms. The normalized spacial score (nSPS) is 14.5. The SMILES string of the molecule is CC(C)c1ccc(-c2cc(C(=O)NC3CC3)nn2C)cc1. The maximum Gasteiger partial charge on any atom is 0.272 e. The van der Waals surface area contributed by atoms with Crippen LogP contribution in [0.25, 0.3) is 11.3 Å². The van der Waals surface area contributed by atoms with Gasteiger partial charge in [-0.05, 0) is 36.0 Å². The number of nitrogens with zero attached hydrogens (tertiary/aromatic N) is 2. The number of carbonyl (C=O) groups excluding carboxylic acids is 1. The van der Waals surface area contributed by atoms with Gasteiger partial charge in [-0.2, -0.15) is 5.10 Å². The molecule has 1 heterocycles. The molecule has 0 aliphatic heterocycles. The fourth-order valence-electron chi connectivity index (χ4n) is 2.37. The van der Waals surface area contributed by atoms with Gasteiger partial charge >= 0.3 is 0 Å². The van der Waals surface area contributed by atoms with E-state index in [0.29, 0.717) is 17.7 Å². The first kappa shape index (κ1) is 13.9. The van der Waals surface area contributed by atoms with Crippen LogP contribution in [0.4, 0.5) is 0 Å². The molecule has 4 nitrogen and oxygen atoms in total. The number of hydrogen-bond donors (Lipinski definition) is 1. The lowest BCUT2D eigenvalue weighted by Crippen LogP contribution is -2.25. The average molecular weight is 283 g/mol. The first-order chi connectivity index (χ1) is 10.0. The van der Waals surface area contributed by atoms with Crippen molar-refractivity contribution < 1.29 is 4.79 Å². The van der Waals surface area contributed by atoms with Crippen LogP contribution in [0.1, 0.15) is 48.7 Å². The Bertz CT molecular complexity index is 651. The summed E-state index contributed by atoms with van der Waals surface area (Å²) in [7, 11) is 1.87. The van der Waals surface area contributed by atoms with E-state index in [1.165, 1.54) is 5.56 Å². The minimum atomic E-state index is -0.0712. The Morgan fingerprint density at radius 1 is 1.29 bits per heavy atom. The first-order valence-corrected chi connectivity index (χ1v) is 7.50. The number of rotatable bonds is 4. The van der Waals surface area contributed by atoms with Crippen molar-refractivity contribution in [2.45, 2.75) is 38.6 Å². The van der Waals surface area contributed by atoms with Crippen LogP contribution >= 0.6 is 0 Å². The van der Waals surface area contributed by atoms with Gasteiger partial charge in [0.05, 0.1) is 5.69 Å². The number of benzene rings is 1. The van der Waals surface area contributed by atoms with E-state index in [-0.39, 0.29) is 5.91 Å². The number of aromatic nitrogens is 2. The average Bonchev–Trinajstić information content (AvgIpc) is 3.19. The topological polar surface area (TPSA) is 46.9 Å². The van der Waals surface area contributed by atoms with Gasteiger partial charge in [-0.25, -0.2) is 0 Å². The van der Waals surface area contributed by atoms with Crippen molar-refractivity contribution in [2.24, 2.45) is 7.05 Å². The van der Waals surface area contributed by atoms with Crippen LogP contribution in [0, 0.1) is 0 Å². The van der Waals surface area contributed by atoms with E-state index in [1.54, 1.807) is 4.68 Å². The molecule has 1 amide bonds. The highest BCUT2D eigenvalue weighted by Gasteiger charge is 2.25. The summed E-state index contributed by atoms with van der Waals surface area (Å²) in [4.78, 5) is 12.0. The zero-order valence-electron chi connectivity index (χ0n) is 12.8. The number of amides is 1. The maximum atomic E-state index is 12.0. The van der Waals surface area contributed by atoms with Gasteiger partial charge in [-0.3, -0.25) is 9.48 Å². The summed E-state index contributed by atoms with van der Waals surface area (Å²) in [6, 6.07) is 10.7. The smallest absolute Gasteiger partial charge is 0.272 e. The molecule has 1 aromatic heterocycles. The van der Waals surface area contributed by atoms with Gasteiger partial charge in [0.2, 0.25) is 0 Å². The molecule has 1 aromatic carbocycles. The third-order valence-electron chi connectivity index (χ3n) is 3.90. The second-order valence-electron chi connectivity index (χ2n) is 6.06. The van der Waals surface area contributed by atoms with Crippen molar-refractivity contribution in [3.8, 4) is 11.3 Å². The minimum Gasteiger partial charge on any atom is -0.348 e. The van der Waals surface area contributed by atoms with E-state index in [9.17, 15) is 4.79 Å². The standard InChI is InChI=1S/C17H21N3O/c1-11(2)12-4-6-13(7-5-12)16-10-15(19-20(16)3)17(21)18-14-8-9-14/h4-7,10-11,14H,8-9H2,1-3H3,(H,18,21). The van der Waals surface area contributed by atoms with Crippen molar-refractivity contribution in [3.05, 3.63) is 41.6 Å². The van der Waals surface area contributed by atoms with Crippen molar-refractivity contribution in [2.75, 3.05) is 0 Å². The minimum absolute atomic E-state index is 0.0712. The van der Waals surface area contributed by atoms with Crippen LogP contribution in [0.5, 0.6) is 0 Å². The molecular weight excluding hydrogens is 262 g/mol. The van der Waals surface area contributed by atoms with Gasteiger partial charge in [0, 0.05) is 13.1 Å². The van der Waals surface area contributed by atoms with Crippen LogP contribution in [-0.2, 0) is 7.05 Å². The zero-order chi connectivity index (χ0) is 15.0. The Kier molecular flexibility index (Phi) is 3.53. The lowest BCUT2D eigenvalue weighted by molar-refractivity contribution is 0.0945. The summed E-state index contributed by atoms with van der Waals surface area (Å²) in [5, 5.41) is 7.30. The molecule has 1 saturated carbocycles. The predicted molar refractivity (Wildman–Crippen MR) is 83.2 cm³/mol. The number of aryl methyl sites for hydroxylation is 1. The molecule has 0 atom stereocenters. The largest absolute Gasteiger partial charge is 0.348 e. The van der Waals surface area contributed by atoms with Crippen molar-refractivity contribution in [1.29, 1.82) is 0 Å². The second kappa shape index (κ2) is 5.35. The van der Waals surface area contributed by atoms with Crippen molar-refractivity contribution in [1.82, 2.24) is 15.1 Å². The monoisotopic (exact) mass is 283 g/mol. The van der Waals surface area contributed by atoms with Gasteiger partial charge in [0.1, 0.15) is 0 Å². The van der Waals surface area contributed by atoms with Gasteiger partial charge in [0.15, 0.2) is 5.69 Å². The van der Waals surface area contributed by atoms with E-state index in [1.807, 2.05) is 13.1 Å². The molecule has 0 bridgehead atoms. The molecule has 2 aromatic rings. The van der Waals surface area contributed by atoms with Gasteiger partial charge < -0.3 is 5.32 Å². The van der Waals surface area contributed by atoms with Gasteiger partial charge in [-0.1, -0.05) is 38.1 Å². The number of nitrogens with one attached hydrogen (secondary N) is 1. The van der Waals surface area contributed by atoms with E-state index >= 15 is 0 Å². The summed E-state index contributed by atoms with van der Waals surface area (Å²) in [6.45, 7) is 4.36. The van der Waals surface area contributed by atoms with Crippen molar-refractivity contribution >= 4 is 5.91 Å². The lowest BCUT2D eigenvalue weighted by atomic mass is 10.0. The molecule has 21 heavy (non-hydrogen) atoms. The van der Waals surface area contributed by atoms with Crippen LogP contribution in [-0.4, -0.2) is 21.7 Å². The predicted octanol–water partition coefficient (Wildman–Crippen LogP) is 3.10. The summed E-state index contributed by atoms with van der Waals surface area (Å²) >= 11 is 0. The highest BCUT2D eigenvalue weighted by Crippen LogP contribution is 2.24. The molecule has 0 spiro atoms. The molecule has 3 rings (SSSR count). The second-order valence-corrected chi connectivity index (χ2v) is 6.06. The Hall–Kier alpha value is -2.10. The van der Waals surface area contributed by atoms with Crippen LogP contribution in [0.3, 0.4) is 0 Å². The van der Waals surface area contributed by atoms with E-state index in [0.717, 1.165) is 24.1 Å². The quantitative estimate of drug-likeness (QED) is 0.937. The van der Waals surface area contributed by atoms with Crippen LogP contribution in [0.15, 0.2) is 30.3 Å². The Morgan fingerprint density at radius 2 is 1.95 bits per heavy atom. The zero-order valence-corrected chi connectivity index (χ0v) is 12.8. The number of hydrogen-bond acceptors (Lipinski definition) is 2. The first-order valence-electron chi connectivity index (χ1n) is 7.50. The van der Waals surface area contributed by atoms with E-state index in [4.69, 9.17) is 0 Å². The molecule has 1 aliphatic rings. The molecule has 110 valence electrons. The molecular formula is C17H21N3O. The fraction of sp³-hybridized carbons (Fsp3) is 0.412. The Morgan fingerprint density at radius 3 is 2.52 bits per heavy atom. The third-order valence-corrected chi connectivity index (χ3v) is 3.90. The lowest BCUT2D eigenvalue weighted by Gasteiger charge is -2.06. The highest BCUT2D eigenvalue weighted by atomic mass is 16.2. The van der Waals surface area contributed by atoms with Gasteiger partial charge in [-0.15, -0.1) is 0 Å². The van der Waals surface area contributed by atoms with Crippen LogP contribution in [0.2, 0.25) is 0 Å². The molecule has 0 radical (unpaired) electrons. The van der Waals surface area contributed by atoms with E-state index < -0.39 is 0 Å². The summed E-state index contributed by atoms with van der Waals surface area (Å²) in [6.07, 6.45) is 2.17. The molecule has 1 fully saturated rings. The van der Waals surface area contributed by atoms with Crippen LogP contribution < -0.4 is 5.32 Å². The Balaban J connectivity index is 1.84. The molecule has 1 N–H and O–H groups in total. The maximum absolute atomic E-state index is 12.0. The highest BCUT2D eigenvalue weighted by molar-refractivity contribution is 5.93. The fourth-order valence-corrected chi connectivity index (χ4v) is 2.37. The Labute approximate surface area is 125 Å². The summed E-state index contributed by atoms with van der Waals surface area (Å²) in [5.74, 6) is 0.448. The number of carbonyl (C=O) groups is 1. The molecule has 1 aliphatic carbocycles. The van der Waals surface area contributed by atoms with Crippen molar-refractivity contribution in [3.63, 3.8) is 0 Å². The van der Waals surface area contributed by atoms with E-state index in [2.05, 4.69) is 48.5 Å². The molecule has 0 saturated heterocycles. The van der Waals surface area contributed by atoms with Gasteiger partial charge in [0.25, 0.3) is 5.91 Å².